The zero-order valence-corrected chi connectivity index (χ0v) is 16.1. The Bertz CT molecular complexity index is 1260. The van der Waals surface area contributed by atoms with Gasteiger partial charge in [0.15, 0.2) is 5.65 Å². The molecule has 0 amide bonds. The summed E-state index contributed by atoms with van der Waals surface area (Å²) in [7, 11) is 1.86. The number of anilines is 1. The van der Waals surface area contributed by atoms with Crippen molar-refractivity contribution in [2.75, 3.05) is 18.1 Å². The molecule has 148 valence electrons. The fourth-order valence-corrected chi connectivity index (χ4v) is 4.21. The highest BCUT2D eigenvalue weighted by molar-refractivity contribution is 5.86. The zero-order valence-electron chi connectivity index (χ0n) is 16.1. The fraction of sp³-hybridized carbons (Fsp3) is 0.350. The van der Waals surface area contributed by atoms with Gasteiger partial charge < -0.3 is 10.0 Å². The molecule has 1 aliphatic heterocycles. The van der Waals surface area contributed by atoms with Crippen molar-refractivity contribution in [1.29, 1.82) is 0 Å². The van der Waals surface area contributed by atoms with Crippen LogP contribution in [0.15, 0.2) is 41.6 Å². The first-order valence-corrected chi connectivity index (χ1v) is 9.68. The molecule has 9 nitrogen and oxygen atoms in total. The van der Waals surface area contributed by atoms with Crippen molar-refractivity contribution in [2.24, 2.45) is 7.05 Å². The molecule has 1 atom stereocenters. The minimum absolute atomic E-state index is 0.114. The Morgan fingerprint density at radius 1 is 1.21 bits per heavy atom. The van der Waals surface area contributed by atoms with E-state index in [1.807, 2.05) is 31.4 Å². The van der Waals surface area contributed by atoms with E-state index in [2.05, 4.69) is 20.0 Å². The molecule has 0 radical (unpaired) electrons. The van der Waals surface area contributed by atoms with Crippen LogP contribution < -0.4 is 10.5 Å². The van der Waals surface area contributed by atoms with E-state index in [9.17, 15) is 9.90 Å². The van der Waals surface area contributed by atoms with E-state index in [1.54, 1.807) is 15.3 Å². The summed E-state index contributed by atoms with van der Waals surface area (Å²) in [5, 5.41) is 15.4. The summed E-state index contributed by atoms with van der Waals surface area (Å²) in [4.78, 5) is 28.9. The largest absolute Gasteiger partial charge is 0.395 e. The second-order valence-corrected chi connectivity index (χ2v) is 7.26. The van der Waals surface area contributed by atoms with Gasteiger partial charge in [0, 0.05) is 19.8 Å². The molecule has 0 aliphatic carbocycles. The molecule has 9 heteroatoms. The number of aliphatic hydroxyl groups excluding tert-OH is 1. The van der Waals surface area contributed by atoms with E-state index in [0.29, 0.717) is 22.4 Å². The van der Waals surface area contributed by atoms with Crippen LogP contribution in [0.3, 0.4) is 0 Å². The van der Waals surface area contributed by atoms with Gasteiger partial charge in [-0.2, -0.15) is 5.10 Å². The van der Waals surface area contributed by atoms with Crippen LogP contribution in [0.2, 0.25) is 0 Å². The Morgan fingerprint density at radius 3 is 2.93 bits per heavy atom. The van der Waals surface area contributed by atoms with E-state index in [4.69, 9.17) is 4.98 Å². The number of aromatic nitrogens is 6. The molecule has 29 heavy (non-hydrogen) atoms. The number of rotatable bonds is 4. The lowest BCUT2D eigenvalue weighted by Crippen LogP contribution is -2.33. The number of nitrogens with zero attached hydrogens (tertiary/aromatic N) is 7. The average molecular weight is 391 g/mol. The SMILES string of the molecule is Cn1cc2c(N3CCCC3c3nc4ccccc4c(=O)n3CCO)ncnc2n1. The molecule has 1 fully saturated rings. The van der Waals surface area contributed by atoms with Crippen LogP contribution in [0.4, 0.5) is 5.82 Å². The van der Waals surface area contributed by atoms with E-state index in [1.165, 1.54) is 6.33 Å². The summed E-state index contributed by atoms with van der Waals surface area (Å²) < 4.78 is 3.33. The van der Waals surface area contributed by atoms with Gasteiger partial charge in [0.05, 0.1) is 35.5 Å². The highest BCUT2D eigenvalue weighted by atomic mass is 16.3. The zero-order chi connectivity index (χ0) is 20.0. The molecule has 0 saturated carbocycles. The second kappa shape index (κ2) is 6.93. The molecule has 1 N–H and O–H groups in total. The van der Waals surface area contributed by atoms with Crippen molar-refractivity contribution >= 4 is 27.8 Å². The van der Waals surface area contributed by atoms with E-state index < -0.39 is 0 Å². The quantitative estimate of drug-likeness (QED) is 0.561. The Kier molecular flexibility index (Phi) is 4.24. The lowest BCUT2D eigenvalue weighted by atomic mass is 10.1. The monoisotopic (exact) mass is 391 g/mol. The number of aryl methyl sites for hydroxylation is 1. The summed E-state index contributed by atoms with van der Waals surface area (Å²) in [6.45, 7) is 0.885. The molecule has 5 rings (SSSR count). The molecule has 1 aliphatic rings. The van der Waals surface area contributed by atoms with Crippen molar-refractivity contribution in [2.45, 2.75) is 25.4 Å². The molecule has 0 bridgehead atoms. The van der Waals surface area contributed by atoms with Crippen LogP contribution in [0.5, 0.6) is 0 Å². The summed E-state index contributed by atoms with van der Waals surface area (Å²) >= 11 is 0. The van der Waals surface area contributed by atoms with E-state index in [-0.39, 0.29) is 24.8 Å². The molecule has 4 heterocycles. The topological polar surface area (TPSA) is 102 Å². The van der Waals surface area contributed by atoms with Crippen LogP contribution >= 0.6 is 0 Å². The van der Waals surface area contributed by atoms with Gasteiger partial charge in [0.1, 0.15) is 18.0 Å². The molecular formula is C20H21N7O2. The fourth-order valence-electron chi connectivity index (χ4n) is 4.21. The van der Waals surface area contributed by atoms with Crippen LogP contribution in [-0.4, -0.2) is 47.6 Å². The standard InChI is InChI=1S/C20H21N7O2/c1-25-11-14-17(24-25)21-12-22-18(14)26-8-4-7-16(26)19-23-15-6-3-2-5-13(15)20(29)27(19)9-10-28/h2-3,5-6,11-12,16,28H,4,7-10H2,1H3. The maximum absolute atomic E-state index is 13.1. The van der Waals surface area contributed by atoms with Gasteiger partial charge in [-0.05, 0) is 25.0 Å². The molecule has 1 saturated heterocycles. The Labute approximate surface area is 166 Å². The maximum Gasteiger partial charge on any atom is 0.261 e. The number of para-hydroxylation sites is 1. The first-order chi connectivity index (χ1) is 14.2. The van der Waals surface area contributed by atoms with Crippen LogP contribution in [-0.2, 0) is 13.6 Å². The third-order valence-electron chi connectivity index (χ3n) is 5.45. The van der Waals surface area contributed by atoms with Crippen molar-refractivity contribution in [1.82, 2.24) is 29.3 Å². The van der Waals surface area contributed by atoms with Crippen molar-refractivity contribution in [3.05, 3.63) is 53.0 Å². The second-order valence-electron chi connectivity index (χ2n) is 7.26. The van der Waals surface area contributed by atoms with Crippen LogP contribution in [0.25, 0.3) is 21.9 Å². The van der Waals surface area contributed by atoms with Gasteiger partial charge in [-0.25, -0.2) is 15.0 Å². The number of fused-ring (bicyclic) bond motifs is 2. The lowest BCUT2D eigenvalue weighted by molar-refractivity contribution is 0.270. The Balaban J connectivity index is 1.69. The highest BCUT2D eigenvalue weighted by Crippen LogP contribution is 2.37. The number of hydrogen-bond acceptors (Lipinski definition) is 7. The Morgan fingerprint density at radius 2 is 2.07 bits per heavy atom. The lowest BCUT2D eigenvalue weighted by Gasteiger charge is -2.27. The Hall–Kier alpha value is -3.33. The van der Waals surface area contributed by atoms with Crippen LogP contribution in [0.1, 0.15) is 24.7 Å². The first-order valence-electron chi connectivity index (χ1n) is 9.68. The average Bonchev–Trinajstić information content (AvgIpc) is 3.35. The smallest absolute Gasteiger partial charge is 0.261 e. The molecule has 3 aromatic heterocycles. The number of aliphatic hydroxyl groups is 1. The van der Waals surface area contributed by atoms with Gasteiger partial charge in [0.2, 0.25) is 0 Å². The minimum Gasteiger partial charge on any atom is -0.395 e. The van der Waals surface area contributed by atoms with E-state index >= 15 is 0 Å². The summed E-state index contributed by atoms with van der Waals surface area (Å²) in [5.74, 6) is 1.46. The highest BCUT2D eigenvalue weighted by Gasteiger charge is 2.32. The first kappa shape index (κ1) is 17.7. The van der Waals surface area contributed by atoms with Gasteiger partial charge in [0.25, 0.3) is 5.56 Å². The minimum atomic E-state index is -0.125. The maximum atomic E-state index is 13.1. The van der Waals surface area contributed by atoms with Gasteiger partial charge in [-0.3, -0.25) is 14.0 Å². The van der Waals surface area contributed by atoms with Gasteiger partial charge >= 0.3 is 0 Å². The third-order valence-corrected chi connectivity index (χ3v) is 5.45. The van der Waals surface area contributed by atoms with Gasteiger partial charge in [-0.1, -0.05) is 12.1 Å². The normalized spacial score (nSPS) is 16.9. The summed E-state index contributed by atoms with van der Waals surface area (Å²) in [6.07, 6.45) is 5.24. The predicted octanol–water partition coefficient (Wildman–Crippen LogP) is 1.41. The van der Waals surface area contributed by atoms with Crippen molar-refractivity contribution < 1.29 is 5.11 Å². The van der Waals surface area contributed by atoms with Crippen molar-refractivity contribution in [3.63, 3.8) is 0 Å². The molecule has 1 unspecified atom stereocenters. The van der Waals surface area contributed by atoms with Crippen LogP contribution in [0, 0.1) is 0 Å². The third kappa shape index (κ3) is 2.85. The number of hydrogen-bond donors (Lipinski definition) is 1. The van der Waals surface area contributed by atoms with Crippen molar-refractivity contribution in [3.8, 4) is 0 Å². The van der Waals surface area contributed by atoms with Gasteiger partial charge in [-0.15, -0.1) is 0 Å². The molecular weight excluding hydrogens is 370 g/mol. The predicted molar refractivity (Wildman–Crippen MR) is 109 cm³/mol. The molecule has 0 spiro atoms. The summed E-state index contributed by atoms with van der Waals surface area (Å²) in [5.41, 5.74) is 1.19. The number of benzene rings is 1. The molecule has 1 aromatic carbocycles. The van der Waals surface area contributed by atoms with E-state index in [0.717, 1.165) is 30.6 Å². The summed E-state index contributed by atoms with van der Waals surface area (Å²) in [6, 6.07) is 7.23. The molecule has 4 aromatic rings.